The van der Waals surface area contributed by atoms with Crippen LogP contribution in [-0.2, 0) is 24.0 Å². The molecule has 0 saturated carbocycles. The van der Waals surface area contributed by atoms with Gasteiger partial charge in [0.1, 0.15) is 12.1 Å². The molecule has 0 aromatic rings. The zero-order valence-corrected chi connectivity index (χ0v) is 19.7. The van der Waals surface area contributed by atoms with Gasteiger partial charge in [-0.15, -0.1) is 0 Å². The van der Waals surface area contributed by atoms with Crippen molar-refractivity contribution < 1.29 is 24.0 Å². The number of likely N-dealkylation sites (N-methyl/N-ethyl adjacent to an activating group) is 2. The molecule has 0 aromatic carbocycles. The maximum Gasteiger partial charge on any atom is 0.243 e. The predicted molar refractivity (Wildman–Crippen MR) is 117 cm³/mol. The largest absolute Gasteiger partial charge is 0.357 e. The highest BCUT2D eigenvalue weighted by atomic mass is 16.2. The molecule has 9 heteroatoms. The average Bonchev–Trinajstić information content (AvgIpc) is 3.02. The lowest BCUT2D eigenvalue weighted by molar-refractivity contribution is -0.142. The van der Waals surface area contributed by atoms with E-state index in [1.54, 1.807) is 7.05 Å². The Hall–Kier alpha value is -2.45. The molecule has 5 amide bonds. The van der Waals surface area contributed by atoms with Gasteiger partial charge in [0.05, 0.1) is 0 Å². The van der Waals surface area contributed by atoms with Crippen molar-refractivity contribution in [1.29, 1.82) is 0 Å². The fourth-order valence-electron chi connectivity index (χ4n) is 3.78. The summed E-state index contributed by atoms with van der Waals surface area (Å²) in [5.74, 6) is -1.23. The zero-order chi connectivity index (χ0) is 23.7. The van der Waals surface area contributed by atoms with E-state index in [4.69, 9.17) is 0 Å². The number of carbonyl (C=O) groups excluding carboxylic acids is 5. The van der Waals surface area contributed by atoms with Crippen LogP contribution in [0.3, 0.4) is 0 Å². The molecular formula is C22H38N4O5. The molecule has 1 heterocycles. The van der Waals surface area contributed by atoms with Crippen LogP contribution < -0.4 is 10.6 Å². The number of hydrogen-bond donors (Lipinski definition) is 2. The monoisotopic (exact) mass is 438 g/mol. The molecule has 0 aliphatic carbocycles. The van der Waals surface area contributed by atoms with E-state index in [9.17, 15) is 24.0 Å². The summed E-state index contributed by atoms with van der Waals surface area (Å²) in [6, 6.07) is -1.35. The standard InChI is InChI=1S/C22H38N4O5/c1-14(2)19(21(30)23-5)24-22(31)20(15(3)4)25(6)16(27)10-8-7-9-13-26-17(28)11-12-18(26)29/h14-15,19-20H,7-13H2,1-6H3,(H,23,30)(H,24,31)/t19-,20?/m0/s1. The van der Waals surface area contributed by atoms with E-state index < -0.39 is 12.1 Å². The van der Waals surface area contributed by atoms with Gasteiger partial charge in [0, 0.05) is 39.9 Å². The minimum absolute atomic E-state index is 0.0907. The Balaban J connectivity index is 2.56. The topological polar surface area (TPSA) is 116 Å². The molecule has 0 spiro atoms. The number of rotatable bonds is 12. The minimum Gasteiger partial charge on any atom is -0.357 e. The van der Waals surface area contributed by atoms with Crippen molar-refractivity contribution in [3.63, 3.8) is 0 Å². The van der Waals surface area contributed by atoms with Gasteiger partial charge in [0.15, 0.2) is 0 Å². The Morgan fingerprint density at radius 2 is 1.52 bits per heavy atom. The van der Waals surface area contributed by atoms with Crippen LogP contribution >= 0.6 is 0 Å². The fraction of sp³-hybridized carbons (Fsp3) is 0.773. The molecule has 9 nitrogen and oxygen atoms in total. The summed E-state index contributed by atoms with van der Waals surface area (Å²) in [5.41, 5.74) is 0. The van der Waals surface area contributed by atoms with E-state index in [-0.39, 0.29) is 47.8 Å². The number of carbonyl (C=O) groups is 5. The summed E-state index contributed by atoms with van der Waals surface area (Å²) in [6.45, 7) is 7.82. The van der Waals surface area contributed by atoms with E-state index in [2.05, 4.69) is 10.6 Å². The van der Waals surface area contributed by atoms with Gasteiger partial charge in [0.25, 0.3) is 0 Å². The summed E-state index contributed by atoms with van der Waals surface area (Å²) in [5, 5.41) is 5.34. The van der Waals surface area contributed by atoms with Crippen LogP contribution in [0.1, 0.15) is 66.2 Å². The molecular weight excluding hydrogens is 400 g/mol. The Kier molecular flexibility index (Phi) is 10.6. The zero-order valence-electron chi connectivity index (χ0n) is 19.7. The summed E-state index contributed by atoms with van der Waals surface area (Å²) in [4.78, 5) is 63.6. The van der Waals surface area contributed by atoms with E-state index in [1.165, 1.54) is 16.8 Å². The number of imide groups is 1. The number of hydrogen-bond acceptors (Lipinski definition) is 5. The molecule has 0 aromatic heterocycles. The molecule has 1 unspecified atom stereocenters. The van der Waals surface area contributed by atoms with Crippen molar-refractivity contribution in [3.05, 3.63) is 0 Å². The lowest BCUT2D eigenvalue weighted by Gasteiger charge is -2.32. The molecule has 176 valence electrons. The molecule has 31 heavy (non-hydrogen) atoms. The number of likely N-dealkylation sites (tertiary alicyclic amines) is 1. The molecule has 1 rings (SSSR count). The first-order valence-corrected chi connectivity index (χ1v) is 11.1. The third kappa shape index (κ3) is 7.63. The van der Waals surface area contributed by atoms with Gasteiger partial charge in [-0.25, -0.2) is 0 Å². The highest BCUT2D eigenvalue weighted by molar-refractivity contribution is 6.01. The quantitative estimate of drug-likeness (QED) is 0.349. The summed E-state index contributed by atoms with van der Waals surface area (Å²) in [6.07, 6.45) is 2.83. The predicted octanol–water partition coefficient (Wildman–Crippen LogP) is 1.07. The smallest absolute Gasteiger partial charge is 0.243 e. The second-order valence-electron chi connectivity index (χ2n) is 8.79. The molecule has 1 saturated heterocycles. The van der Waals surface area contributed by atoms with Crippen molar-refractivity contribution in [2.75, 3.05) is 20.6 Å². The normalized spacial score (nSPS) is 15.9. The van der Waals surface area contributed by atoms with Crippen molar-refractivity contribution in [2.45, 2.75) is 78.3 Å². The van der Waals surface area contributed by atoms with Gasteiger partial charge in [-0.1, -0.05) is 34.1 Å². The Morgan fingerprint density at radius 3 is 2.00 bits per heavy atom. The number of unbranched alkanes of at least 4 members (excludes halogenated alkanes) is 2. The van der Waals surface area contributed by atoms with Gasteiger partial charge in [-0.2, -0.15) is 0 Å². The third-order valence-electron chi connectivity index (χ3n) is 5.63. The molecule has 0 bridgehead atoms. The summed E-state index contributed by atoms with van der Waals surface area (Å²) < 4.78 is 0. The van der Waals surface area contributed by atoms with Gasteiger partial charge in [-0.3, -0.25) is 28.9 Å². The highest BCUT2D eigenvalue weighted by Gasteiger charge is 2.33. The fourth-order valence-corrected chi connectivity index (χ4v) is 3.78. The van der Waals surface area contributed by atoms with Crippen LogP contribution in [0.15, 0.2) is 0 Å². The number of amides is 5. The Labute approximate surface area is 185 Å². The first-order valence-electron chi connectivity index (χ1n) is 11.1. The first-order chi connectivity index (χ1) is 14.5. The Morgan fingerprint density at radius 1 is 0.935 bits per heavy atom. The van der Waals surface area contributed by atoms with Crippen molar-refractivity contribution in [1.82, 2.24) is 20.4 Å². The molecule has 1 fully saturated rings. The van der Waals surface area contributed by atoms with Crippen molar-refractivity contribution in [2.24, 2.45) is 11.8 Å². The van der Waals surface area contributed by atoms with Gasteiger partial charge in [-0.05, 0) is 24.7 Å². The minimum atomic E-state index is -0.682. The van der Waals surface area contributed by atoms with Crippen LogP contribution in [0.2, 0.25) is 0 Å². The lowest BCUT2D eigenvalue weighted by atomic mass is 9.98. The lowest BCUT2D eigenvalue weighted by Crippen LogP contribution is -2.56. The molecule has 1 aliphatic rings. The SMILES string of the molecule is CNC(=O)[C@@H](NC(=O)C(C(C)C)N(C)C(=O)CCCCCN1C(=O)CCC1=O)C(C)C. The summed E-state index contributed by atoms with van der Waals surface area (Å²) in [7, 11) is 3.13. The number of nitrogens with one attached hydrogen (secondary N) is 2. The maximum absolute atomic E-state index is 12.9. The van der Waals surface area contributed by atoms with Crippen LogP contribution in [0, 0.1) is 11.8 Å². The van der Waals surface area contributed by atoms with Gasteiger partial charge in [0.2, 0.25) is 29.5 Å². The second kappa shape index (κ2) is 12.4. The van der Waals surface area contributed by atoms with Gasteiger partial charge < -0.3 is 15.5 Å². The second-order valence-corrected chi connectivity index (χ2v) is 8.79. The van der Waals surface area contributed by atoms with Gasteiger partial charge >= 0.3 is 0 Å². The third-order valence-corrected chi connectivity index (χ3v) is 5.63. The molecule has 2 atom stereocenters. The first kappa shape index (κ1) is 26.6. The van der Waals surface area contributed by atoms with Crippen molar-refractivity contribution in [3.8, 4) is 0 Å². The van der Waals surface area contributed by atoms with Crippen molar-refractivity contribution >= 4 is 29.5 Å². The molecule has 1 aliphatic heterocycles. The number of nitrogens with zero attached hydrogens (tertiary/aromatic N) is 2. The van der Waals surface area contributed by atoms with Crippen LogP contribution in [-0.4, -0.2) is 72.1 Å². The van der Waals surface area contributed by atoms with E-state index >= 15 is 0 Å². The van der Waals surface area contributed by atoms with Crippen LogP contribution in [0.25, 0.3) is 0 Å². The average molecular weight is 439 g/mol. The van der Waals surface area contributed by atoms with E-state index in [0.717, 1.165) is 0 Å². The highest BCUT2D eigenvalue weighted by Crippen LogP contribution is 2.16. The van der Waals surface area contributed by atoms with Crippen LogP contribution in [0.5, 0.6) is 0 Å². The Bertz CT molecular complexity index is 661. The summed E-state index contributed by atoms with van der Waals surface area (Å²) >= 11 is 0. The molecule has 0 radical (unpaired) electrons. The van der Waals surface area contributed by atoms with Crippen LogP contribution in [0.4, 0.5) is 0 Å². The maximum atomic E-state index is 12.9. The van der Waals surface area contributed by atoms with E-state index in [0.29, 0.717) is 38.6 Å². The molecule has 2 N–H and O–H groups in total. The van der Waals surface area contributed by atoms with E-state index in [1.807, 2.05) is 27.7 Å².